The lowest BCUT2D eigenvalue weighted by Crippen LogP contribution is -2.44. The van der Waals surface area contributed by atoms with Crippen LogP contribution in [0.25, 0.3) is 11.5 Å². The third-order valence-electron chi connectivity index (χ3n) is 5.74. The Kier molecular flexibility index (Phi) is 5.30. The van der Waals surface area contributed by atoms with Crippen LogP contribution in [0.2, 0.25) is 0 Å². The van der Waals surface area contributed by atoms with Crippen LogP contribution in [-0.4, -0.2) is 47.4 Å². The van der Waals surface area contributed by atoms with Gasteiger partial charge >= 0.3 is 0 Å². The normalized spacial score (nSPS) is 25.7. The van der Waals surface area contributed by atoms with Crippen molar-refractivity contribution in [3.05, 3.63) is 35.7 Å². The fourth-order valence-electron chi connectivity index (χ4n) is 4.42. The molecule has 1 aromatic heterocycles. The first-order valence-corrected chi connectivity index (χ1v) is 9.94. The maximum atomic E-state index is 5.81. The van der Waals surface area contributed by atoms with Gasteiger partial charge in [-0.2, -0.15) is 4.98 Å². The van der Waals surface area contributed by atoms with Crippen LogP contribution in [0.15, 0.2) is 28.8 Å². The summed E-state index contributed by atoms with van der Waals surface area (Å²) in [6, 6.07) is 8.42. The van der Waals surface area contributed by atoms with Crippen LogP contribution in [-0.2, 0) is 21.6 Å². The summed E-state index contributed by atoms with van der Waals surface area (Å²) in [5.41, 5.74) is 1.86. The number of ether oxygens (including phenoxy) is 2. The first-order chi connectivity index (χ1) is 13.1. The zero-order valence-electron chi connectivity index (χ0n) is 16.5. The lowest BCUT2D eigenvalue weighted by Gasteiger charge is -2.35. The van der Waals surface area contributed by atoms with Gasteiger partial charge in [-0.3, -0.25) is 4.90 Å². The standard InChI is InChI=1S/C21H29N3O3/c1-15-12-24(13-16(2)26-15)14-17-6-8-18(9-7-17)19-22-20(23-27-19)21(25-3)10-4-5-11-21/h6-9,15-16H,4-5,10-14H2,1-3H3. The minimum atomic E-state index is -0.370. The van der Waals surface area contributed by atoms with E-state index in [-0.39, 0.29) is 17.8 Å². The molecular formula is C21H29N3O3. The van der Waals surface area contributed by atoms with Crippen molar-refractivity contribution in [3.8, 4) is 11.5 Å². The van der Waals surface area contributed by atoms with Gasteiger partial charge in [0.25, 0.3) is 5.89 Å². The molecule has 2 aromatic rings. The van der Waals surface area contributed by atoms with E-state index in [4.69, 9.17) is 14.0 Å². The summed E-state index contributed by atoms with van der Waals surface area (Å²) in [6.45, 7) is 7.14. The molecule has 0 spiro atoms. The Balaban J connectivity index is 1.45. The van der Waals surface area contributed by atoms with Gasteiger partial charge in [0.05, 0.1) is 12.2 Å². The fourth-order valence-corrected chi connectivity index (χ4v) is 4.42. The highest BCUT2D eigenvalue weighted by Crippen LogP contribution is 2.40. The van der Waals surface area contributed by atoms with Crippen LogP contribution in [0, 0.1) is 0 Å². The van der Waals surface area contributed by atoms with Crippen molar-refractivity contribution in [2.75, 3.05) is 20.2 Å². The van der Waals surface area contributed by atoms with Gasteiger partial charge in [0, 0.05) is 32.3 Å². The molecular weight excluding hydrogens is 342 g/mol. The molecule has 1 aliphatic carbocycles. The molecule has 2 unspecified atom stereocenters. The van der Waals surface area contributed by atoms with Crippen LogP contribution < -0.4 is 0 Å². The largest absolute Gasteiger partial charge is 0.373 e. The van der Waals surface area contributed by atoms with Gasteiger partial charge < -0.3 is 14.0 Å². The van der Waals surface area contributed by atoms with Crippen molar-refractivity contribution >= 4 is 0 Å². The van der Waals surface area contributed by atoms with E-state index < -0.39 is 0 Å². The fraction of sp³-hybridized carbons (Fsp3) is 0.619. The molecule has 4 rings (SSSR count). The third kappa shape index (κ3) is 3.93. The van der Waals surface area contributed by atoms with E-state index >= 15 is 0 Å². The van der Waals surface area contributed by atoms with Crippen molar-refractivity contribution in [1.29, 1.82) is 0 Å². The molecule has 6 heteroatoms. The second-order valence-electron chi connectivity index (χ2n) is 7.98. The summed E-state index contributed by atoms with van der Waals surface area (Å²) in [5, 5.41) is 4.22. The molecule has 2 heterocycles. The number of rotatable bonds is 5. The zero-order chi connectivity index (χ0) is 18.9. The number of benzene rings is 1. The van der Waals surface area contributed by atoms with E-state index in [9.17, 15) is 0 Å². The number of aromatic nitrogens is 2. The first kappa shape index (κ1) is 18.6. The molecule has 1 aromatic carbocycles. The van der Waals surface area contributed by atoms with Crippen molar-refractivity contribution in [1.82, 2.24) is 15.0 Å². The number of hydrogen-bond acceptors (Lipinski definition) is 6. The lowest BCUT2D eigenvalue weighted by atomic mass is 10.0. The molecule has 2 atom stereocenters. The SMILES string of the molecule is COC1(c2noc(-c3ccc(CN4CC(C)OC(C)C4)cc3)n2)CCCC1. The lowest BCUT2D eigenvalue weighted by molar-refractivity contribution is -0.0704. The Hall–Kier alpha value is -1.76. The number of methoxy groups -OCH3 is 1. The molecule has 2 aliphatic rings. The average Bonchev–Trinajstić information content (AvgIpc) is 3.32. The third-order valence-corrected chi connectivity index (χ3v) is 5.74. The molecule has 0 amide bonds. The van der Waals surface area contributed by atoms with E-state index in [1.165, 1.54) is 5.56 Å². The first-order valence-electron chi connectivity index (χ1n) is 9.94. The summed E-state index contributed by atoms with van der Waals surface area (Å²) in [6.07, 6.45) is 4.77. The highest BCUT2D eigenvalue weighted by molar-refractivity contribution is 5.53. The van der Waals surface area contributed by atoms with Gasteiger partial charge in [-0.25, -0.2) is 0 Å². The summed E-state index contributed by atoms with van der Waals surface area (Å²) in [4.78, 5) is 7.09. The molecule has 146 valence electrons. The summed E-state index contributed by atoms with van der Waals surface area (Å²) < 4.78 is 17.1. The Morgan fingerprint density at radius 3 is 2.41 bits per heavy atom. The molecule has 27 heavy (non-hydrogen) atoms. The Labute approximate surface area is 160 Å². The predicted octanol–water partition coefficient (Wildman–Crippen LogP) is 3.76. The monoisotopic (exact) mass is 371 g/mol. The van der Waals surface area contributed by atoms with Gasteiger partial charge in [0.2, 0.25) is 5.82 Å². The van der Waals surface area contributed by atoms with E-state index in [0.717, 1.165) is 50.9 Å². The predicted molar refractivity (Wildman–Crippen MR) is 102 cm³/mol. The number of nitrogens with zero attached hydrogens (tertiary/aromatic N) is 3. The van der Waals surface area contributed by atoms with Crippen LogP contribution in [0.3, 0.4) is 0 Å². The van der Waals surface area contributed by atoms with E-state index in [1.807, 2.05) is 0 Å². The van der Waals surface area contributed by atoms with Crippen molar-refractivity contribution in [2.24, 2.45) is 0 Å². The average molecular weight is 371 g/mol. The second-order valence-corrected chi connectivity index (χ2v) is 7.98. The summed E-state index contributed by atoms with van der Waals surface area (Å²) in [7, 11) is 1.74. The molecule has 0 bridgehead atoms. The molecule has 1 saturated carbocycles. The van der Waals surface area contributed by atoms with E-state index in [2.05, 4.69) is 53.2 Å². The van der Waals surface area contributed by atoms with Crippen LogP contribution in [0.5, 0.6) is 0 Å². The Bertz CT molecular complexity index is 742. The molecule has 0 N–H and O–H groups in total. The van der Waals surface area contributed by atoms with Crippen LogP contribution >= 0.6 is 0 Å². The summed E-state index contributed by atoms with van der Waals surface area (Å²) in [5.74, 6) is 1.24. The van der Waals surface area contributed by atoms with Crippen molar-refractivity contribution < 1.29 is 14.0 Å². The van der Waals surface area contributed by atoms with Gasteiger partial charge in [-0.1, -0.05) is 17.3 Å². The van der Waals surface area contributed by atoms with Crippen molar-refractivity contribution in [2.45, 2.75) is 63.9 Å². The van der Waals surface area contributed by atoms with E-state index in [1.54, 1.807) is 7.11 Å². The highest BCUT2D eigenvalue weighted by Gasteiger charge is 2.40. The smallest absolute Gasteiger partial charge is 0.258 e. The van der Waals surface area contributed by atoms with Gasteiger partial charge in [0.15, 0.2) is 0 Å². The summed E-state index contributed by atoms with van der Waals surface area (Å²) >= 11 is 0. The van der Waals surface area contributed by atoms with Crippen LogP contribution in [0.1, 0.15) is 50.9 Å². The minimum absolute atomic E-state index is 0.286. The molecule has 0 radical (unpaired) electrons. The zero-order valence-corrected chi connectivity index (χ0v) is 16.5. The Morgan fingerprint density at radius 2 is 1.78 bits per heavy atom. The quantitative estimate of drug-likeness (QED) is 0.797. The maximum absolute atomic E-state index is 5.81. The van der Waals surface area contributed by atoms with Crippen molar-refractivity contribution in [3.63, 3.8) is 0 Å². The van der Waals surface area contributed by atoms with E-state index in [0.29, 0.717) is 11.7 Å². The topological polar surface area (TPSA) is 60.6 Å². The minimum Gasteiger partial charge on any atom is -0.373 e. The number of hydrogen-bond donors (Lipinski definition) is 0. The molecule has 1 saturated heterocycles. The van der Waals surface area contributed by atoms with Gasteiger partial charge in [-0.05, 0) is 57.2 Å². The number of morpholine rings is 1. The van der Waals surface area contributed by atoms with Gasteiger partial charge in [0.1, 0.15) is 5.60 Å². The molecule has 6 nitrogen and oxygen atoms in total. The van der Waals surface area contributed by atoms with Gasteiger partial charge in [-0.15, -0.1) is 0 Å². The Morgan fingerprint density at radius 1 is 1.11 bits per heavy atom. The van der Waals surface area contributed by atoms with Crippen LogP contribution in [0.4, 0.5) is 0 Å². The second kappa shape index (κ2) is 7.70. The highest BCUT2D eigenvalue weighted by atomic mass is 16.5. The molecule has 1 aliphatic heterocycles. The maximum Gasteiger partial charge on any atom is 0.258 e. The molecule has 2 fully saturated rings.